The van der Waals surface area contributed by atoms with Gasteiger partial charge in [-0.3, -0.25) is 14.5 Å². The number of hydrogen-bond donors (Lipinski definition) is 2. The van der Waals surface area contributed by atoms with Crippen molar-refractivity contribution in [3.05, 3.63) is 0 Å². The van der Waals surface area contributed by atoms with Crippen LogP contribution in [0.2, 0.25) is 0 Å². The zero-order chi connectivity index (χ0) is 11.8. The van der Waals surface area contributed by atoms with Crippen molar-refractivity contribution in [2.24, 2.45) is 0 Å². The molecule has 0 saturated heterocycles. The largest absolute Gasteiger partial charge is 0.480 e. The van der Waals surface area contributed by atoms with Gasteiger partial charge in [0.1, 0.15) is 0 Å². The number of nitrogens with one attached hydrogen (secondary N) is 1. The molecule has 2 N–H and O–H groups in total. The van der Waals surface area contributed by atoms with E-state index in [1.807, 2.05) is 18.7 Å². The third-order valence-electron chi connectivity index (χ3n) is 2.20. The number of nitrogens with zero attached hydrogens (tertiary/aromatic N) is 1. The van der Waals surface area contributed by atoms with Gasteiger partial charge < -0.3 is 10.4 Å². The summed E-state index contributed by atoms with van der Waals surface area (Å²) in [5, 5.41) is 11.2. The van der Waals surface area contributed by atoms with Gasteiger partial charge in [0.25, 0.3) is 0 Å². The maximum absolute atomic E-state index is 10.9. The summed E-state index contributed by atoms with van der Waals surface area (Å²) in [5.74, 6) is -0.835. The van der Waals surface area contributed by atoms with Gasteiger partial charge in [0.15, 0.2) is 0 Å². The number of amides is 1. The number of carboxylic acids is 1. The Morgan fingerprint density at radius 1 is 1.40 bits per heavy atom. The first-order chi connectivity index (χ1) is 6.97. The summed E-state index contributed by atoms with van der Waals surface area (Å²) in [5.41, 5.74) is 0. The van der Waals surface area contributed by atoms with E-state index in [-0.39, 0.29) is 18.5 Å². The normalized spacial score (nSPS) is 10.7. The number of carbonyl (C=O) groups is 2. The van der Waals surface area contributed by atoms with Gasteiger partial charge in [0, 0.05) is 19.5 Å². The van der Waals surface area contributed by atoms with Crippen LogP contribution in [0.25, 0.3) is 0 Å². The second-order valence-electron chi connectivity index (χ2n) is 3.73. The molecule has 0 aliphatic carbocycles. The molecule has 5 heteroatoms. The van der Waals surface area contributed by atoms with E-state index >= 15 is 0 Å². The van der Waals surface area contributed by atoms with E-state index in [1.54, 1.807) is 7.05 Å². The predicted octanol–water partition coefficient (Wildman–Crippen LogP) is 0.308. The van der Waals surface area contributed by atoms with Crippen LogP contribution in [0, 0.1) is 0 Å². The number of aliphatic carboxylic acids is 1. The molecular weight excluding hydrogens is 196 g/mol. The molecule has 0 bridgehead atoms. The number of rotatable bonds is 7. The second-order valence-corrected chi connectivity index (χ2v) is 3.73. The van der Waals surface area contributed by atoms with Gasteiger partial charge in [0.05, 0.1) is 6.54 Å². The number of carboxylic acid groups (broad SMARTS) is 1. The Hall–Kier alpha value is -1.10. The summed E-state index contributed by atoms with van der Waals surface area (Å²) in [6, 6.07) is 0.186. The molecule has 0 aromatic carbocycles. The van der Waals surface area contributed by atoms with Crippen LogP contribution in [-0.4, -0.2) is 48.1 Å². The SMILES string of the molecule is CNC(=O)CCCN(CC(=O)O)C(C)C. The maximum atomic E-state index is 10.9. The molecule has 0 aliphatic heterocycles. The quantitative estimate of drug-likeness (QED) is 0.642. The summed E-state index contributed by atoms with van der Waals surface area (Å²) in [4.78, 5) is 23.3. The van der Waals surface area contributed by atoms with Gasteiger partial charge in [-0.1, -0.05) is 0 Å². The Morgan fingerprint density at radius 2 is 2.00 bits per heavy atom. The minimum atomic E-state index is -0.830. The van der Waals surface area contributed by atoms with Crippen molar-refractivity contribution in [2.75, 3.05) is 20.1 Å². The zero-order valence-corrected chi connectivity index (χ0v) is 9.62. The molecule has 0 spiro atoms. The van der Waals surface area contributed by atoms with Crippen molar-refractivity contribution in [2.45, 2.75) is 32.7 Å². The van der Waals surface area contributed by atoms with Crippen LogP contribution in [0.4, 0.5) is 0 Å². The average Bonchev–Trinajstić information content (AvgIpc) is 2.15. The molecule has 0 unspecified atom stereocenters. The predicted molar refractivity (Wildman–Crippen MR) is 57.6 cm³/mol. The highest BCUT2D eigenvalue weighted by atomic mass is 16.4. The molecule has 0 fully saturated rings. The highest BCUT2D eigenvalue weighted by Crippen LogP contribution is 2.01. The van der Waals surface area contributed by atoms with Gasteiger partial charge in [-0.15, -0.1) is 0 Å². The van der Waals surface area contributed by atoms with Crippen LogP contribution in [-0.2, 0) is 9.59 Å². The highest BCUT2D eigenvalue weighted by Gasteiger charge is 2.13. The molecule has 1 amide bonds. The topological polar surface area (TPSA) is 69.6 Å². The van der Waals surface area contributed by atoms with Crippen LogP contribution >= 0.6 is 0 Å². The Morgan fingerprint density at radius 3 is 2.40 bits per heavy atom. The van der Waals surface area contributed by atoms with E-state index in [9.17, 15) is 9.59 Å². The first-order valence-corrected chi connectivity index (χ1v) is 5.13. The van der Waals surface area contributed by atoms with Crippen molar-refractivity contribution in [1.29, 1.82) is 0 Å². The Kier molecular flexibility index (Phi) is 6.70. The molecule has 15 heavy (non-hydrogen) atoms. The molecule has 0 atom stereocenters. The summed E-state index contributed by atoms with van der Waals surface area (Å²) < 4.78 is 0. The fourth-order valence-electron chi connectivity index (χ4n) is 1.26. The van der Waals surface area contributed by atoms with E-state index in [2.05, 4.69) is 5.32 Å². The Labute approximate surface area is 90.5 Å². The molecule has 0 saturated carbocycles. The minimum absolute atomic E-state index is 0.00553. The molecule has 88 valence electrons. The van der Waals surface area contributed by atoms with Crippen molar-refractivity contribution in [1.82, 2.24) is 10.2 Å². The minimum Gasteiger partial charge on any atom is -0.480 e. The molecule has 0 radical (unpaired) electrons. The lowest BCUT2D eigenvalue weighted by atomic mass is 10.2. The molecule has 0 heterocycles. The van der Waals surface area contributed by atoms with Crippen molar-refractivity contribution in [3.63, 3.8) is 0 Å². The smallest absolute Gasteiger partial charge is 0.317 e. The van der Waals surface area contributed by atoms with Gasteiger partial charge >= 0.3 is 5.97 Å². The fraction of sp³-hybridized carbons (Fsp3) is 0.800. The number of carbonyl (C=O) groups excluding carboxylic acids is 1. The van der Waals surface area contributed by atoms with Gasteiger partial charge in [-0.05, 0) is 26.8 Å². The third kappa shape index (κ3) is 6.90. The number of hydrogen-bond acceptors (Lipinski definition) is 3. The van der Waals surface area contributed by atoms with Crippen LogP contribution < -0.4 is 5.32 Å². The van der Waals surface area contributed by atoms with Gasteiger partial charge in [-0.25, -0.2) is 0 Å². The first-order valence-electron chi connectivity index (χ1n) is 5.13. The molecule has 0 rings (SSSR count). The summed E-state index contributed by atoms with van der Waals surface area (Å²) in [7, 11) is 1.60. The van der Waals surface area contributed by atoms with Gasteiger partial charge in [0.2, 0.25) is 5.91 Å². The monoisotopic (exact) mass is 216 g/mol. The maximum Gasteiger partial charge on any atom is 0.317 e. The summed E-state index contributed by atoms with van der Waals surface area (Å²) >= 11 is 0. The fourth-order valence-corrected chi connectivity index (χ4v) is 1.26. The highest BCUT2D eigenvalue weighted by molar-refractivity contribution is 5.75. The van der Waals surface area contributed by atoms with E-state index < -0.39 is 5.97 Å². The second kappa shape index (κ2) is 7.23. The van der Waals surface area contributed by atoms with Crippen molar-refractivity contribution >= 4 is 11.9 Å². The van der Waals surface area contributed by atoms with Crippen LogP contribution in [0.5, 0.6) is 0 Å². The lowest BCUT2D eigenvalue weighted by Gasteiger charge is -2.24. The Balaban J connectivity index is 3.86. The van der Waals surface area contributed by atoms with E-state index in [0.29, 0.717) is 19.4 Å². The molecule has 0 aliphatic rings. The van der Waals surface area contributed by atoms with Crippen LogP contribution in [0.1, 0.15) is 26.7 Å². The standard InChI is InChI=1S/C10H20N2O3/c1-8(2)12(7-10(14)15)6-4-5-9(13)11-3/h8H,4-7H2,1-3H3,(H,11,13)(H,14,15). The zero-order valence-electron chi connectivity index (χ0n) is 9.62. The average molecular weight is 216 g/mol. The van der Waals surface area contributed by atoms with E-state index in [4.69, 9.17) is 5.11 Å². The van der Waals surface area contributed by atoms with Crippen LogP contribution in [0.3, 0.4) is 0 Å². The van der Waals surface area contributed by atoms with Gasteiger partial charge in [-0.2, -0.15) is 0 Å². The van der Waals surface area contributed by atoms with E-state index in [1.165, 1.54) is 0 Å². The Bertz CT molecular complexity index is 217. The summed E-state index contributed by atoms with van der Waals surface area (Å²) in [6.07, 6.45) is 1.13. The third-order valence-corrected chi connectivity index (χ3v) is 2.20. The van der Waals surface area contributed by atoms with Crippen molar-refractivity contribution in [3.8, 4) is 0 Å². The molecule has 0 aromatic heterocycles. The molecule has 5 nitrogen and oxygen atoms in total. The first kappa shape index (κ1) is 13.9. The lowest BCUT2D eigenvalue weighted by molar-refractivity contribution is -0.138. The molecular formula is C10H20N2O3. The lowest BCUT2D eigenvalue weighted by Crippen LogP contribution is -2.36. The molecule has 0 aromatic rings. The van der Waals surface area contributed by atoms with Crippen LogP contribution in [0.15, 0.2) is 0 Å². The van der Waals surface area contributed by atoms with E-state index in [0.717, 1.165) is 0 Å². The summed E-state index contributed by atoms with van der Waals surface area (Å²) in [6.45, 7) is 4.56. The van der Waals surface area contributed by atoms with Crippen molar-refractivity contribution < 1.29 is 14.7 Å².